The lowest BCUT2D eigenvalue weighted by Gasteiger charge is -2.34. The molecule has 0 radical (unpaired) electrons. The maximum atomic E-state index is 11.9. The zero-order valence-corrected chi connectivity index (χ0v) is 12.4. The first-order valence-electron chi connectivity index (χ1n) is 6.97. The minimum absolute atomic E-state index is 0.0979. The summed E-state index contributed by atoms with van der Waals surface area (Å²) in [5.74, 6) is 0.860. The predicted molar refractivity (Wildman–Crippen MR) is 80.3 cm³/mol. The molecule has 5 heteroatoms. The van der Waals surface area contributed by atoms with Crippen molar-refractivity contribution in [2.24, 2.45) is 0 Å². The molecule has 1 saturated heterocycles. The van der Waals surface area contributed by atoms with Gasteiger partial charge in [-0.15, -0.1) is 0 Å². The Morgan fingerprint density at radius 2 is 1.95 bits per heavy atom. The first kappa shape index (κ1) is 14.5. The van der Waals surface area contributed by atoms with Crippen LogP contribution in [-0.2, 0) is 0 Å². The molecule has 1 aliphatic rings. The number of piperidine rings is 1. The summed E-state index contributed by atoms with van der Waals surface area (Å²) in [6, 6.07) is 8.42. The number of ether oxygens (including phenoxy) is 1. The van der Waals surface area contributed by atoms with E-state index >= 15 is 0 Å². The Kier molecular flexibility index (Phi) is 4.71. The molecule has 1 aromatic carbocycles. The number of urea groups is 1. The zero-order valence-electron chi connectivity index (χ0n) is 12.4. The number of para-hydroxylation sites is 2. The van der Waals surface area contributed by atoms with Crippen LogP contribution >= 0.6 is 0 Å². The van der Waals surface area contributed by atoms with E-state index in [1.807, 2.05) is 29.2 Å². The summed E-state index contributed by atoms with van der Waals surface area (Å²) in [6.45, 7) is 1.59. The lowest BCUT2D eigenvalue weighted by molar-refractivity contribution is 0.158. The van der Waals surface area contributed by atoms with E-state index in [1.165, 1.54) is 0 Å². The molecule has 0 unspecified atom stereocenters. The van der Waals surface area contributed by atoms with Gasteiger partial charge < -0.3 is 19.9 Å². The Morgan fingerprint density at radius 1 is 1.30 bits per heavy atom. The lowest BCUT2D eigenvalue weighted by atomic mass is 10.0. The highest BCUT2D eigenvalue weighted by molar-refractivity contribution is 5.74. The SMILES string of the molecule is COc1ccccc1NC1CCN(C(=O)N(C)C)CC1. The van der Waals surface area contributed by atoms with Gasteiger partial charge in [0.1, 0.15) is 5.75 Å². The van der Waals surface area contributed by atoms with E-state index in [0.717, 1.165) is 37.4 Å². The van der Waals surface area contributed by atoms with E-state index in [9.17, 15) is 4.79 Å². The summed E-state index contributed by atoms with van der Waals surface area (Å²) in [6.07, 6.45) is 1.91. The normalized spacial score (nSPS) is 15.8. The van der Waals surface area contributed by atoms with E-state index in [1.54, 1.807) is 26.1 Å². The molecular formula is C15H23N3O2. The number of hydrogen-bond donors (Lipinski definition) is 1. The van der Waals surface area contributed by atoms with E-state index in [2.05, 4.69) is 5.32 Å². The summed E-state index contributed by atoms with van der Waals surface area (Å²) in [5.41, 5.74) is 1.02. The van der Waals surface area contributed by atoms with Gasteiger partial charge in [0.15, 0.2) is 0 Å². The van der Waals surface area contributed by atoms with Crippen LogP contribution < -0.4 is 10.1 Å². The molecule has 0 saturated carbocycles. The van der Waals surface area contributed by atoms with Gasteiger partial charge in [-0.3, -0.25) is 0 Å². The van der Waals surface area contributed by atoms with Crippen molar-refractivity contribution in [2.45, 2.75) is 18.9 Å². The van der Waals surface area contributed by atoms with Gasteiger partial charge >= 0.3 is 6.03 Å². The molecule has 1 fully saturated rings. The fourth-order valence-electron chi connectivity index (χ4n) is 2.48. The average molecular weight is 277 g/mol. The molecule has 5 nitrogen and oxygen atoms in total. The van der Waals surface area contributed by atoms with Gasteiger partial charge in [-0.05, 0) is 25.0 Å². The minimum Gasteiger partial charge on any atom is -0.495 e. The predicted octanol–water partition coefficient (Wildman–Crippen LogP) is 2.25. The monoisotopic (exact) mass is 277 g/mol. The highest BCUT2D eigenvalue weighted by Crippen LogP contribution is 2.26. The molecule has 110 valence electrons. The topological polar surface area (TPSA) is 44.8 Å². The van der Waals surface area contributed by atoms with Crippen LogP contribution in [0.3, 0.4) is 0 Å². The van der Waals surface area contributed by atoms with Crippen LogP contribution in [0.4, 0.5) is 10.5 Å². The third-order valence-electron chi connectivity index (χ3n) is 3.61. The maximum absolute atomic E-state index is 11.9. The van der Waals surface area contributed by atoms with Gasteiger partial charge in [0.2, 0.25) is 0 Å². The molecule has 20 heavy (non-hydrogen) atoms. The summed E-state index contributed by atoms with van der Waals surface area (Å²) < 4.78 is 5.34. The number of benzene rings is 1. The second kappa shape index (κ2) is 6.50. The summed E-state index contributed by atoms with van der Waals surface area (Å²) in [4.78, 5) is 15.4. The maximum Gasteiger partial charge on any atom is 0.319 e. The Hall–Kier alpha value is -1.91. The number of likely N-dealkylation sites (tertiary alicyclic amines) is 1. The van der Waals surface area contributed by atoms with Crippen LogP contribution in [0, 0.1) is 0 Å². The number of nitrogens with one attached hydrogen (secondary N) is 1. The third-order valence-corrected chi connectivity index (χ3v) is 3.61. The van der Waals surface area contributed by atoms with Gasteiger partial charge in [0, 0.05) is 33.2 Å². The Balaban J connectivity index is 1.90. The van der Waals surface area contributed by atoms with Gasteiger partial charge in [0.05, 0.1) is 12.8 Å². The molecule has 0 atom stereocenters. The average Bonchev–Trinajstić information content (AvgIpc) is 2.48. The second-order valence-corrected chi connectivity index (χ2v) is 5.28. The van der Waals surface area contributed by atoms with Crippen LogP contribution in [0.5, 0.6) is 5.75 Å². The number of carbonyl (C=O) groups excluding carboxylic acids is 1. The van der Waals surface area contributed by atoms with E-state index in [0.29, 0.717) is 6.04 Å². The van der Waals surface area contributed by atoms with Gasteiger partial charge in [-0.25, -0.2) is 4.79 Å². The van der Waals surface area contributed by atoms with Crippen molar-refractivity contribution in [1.29, 1.82) is 0 Å². The molecule has 1 aliphatic heterocycles. The molecule has 0 bridgehead atoms. The molecule has 0 aliphatic carbocycles. The minimum atomic E-state index is 0.0979. The number of amides is 2. The van der Waals surface area contributed by atoms with Crippen molar-refractivity contribution >= 4 is 11.7 Å². The fourth-order valence-corrected chi connectivity index (χ4v) is 2.48. The largest absolute Gasteiger partial charge is 0.495 e. The van der Waals surface area contributed by atoms with Gasteiger partial charge in [-0.1, -0.05) is 12.1 Å². The van der Waals surface area contributed by atoms with Crippen LogP contribution in [0.1, 0.15) is 12.8 Å². The summed E-state index contributed by atoms with van der Waals surface area (Å²) >= 11 is 0. The van der Waals surface area contributed by atoms with Crippen LogP contribution in [0.2, 0.25) is 0 Å². The molecule has 2 rings (SSSR count). The van der Waals surface area contributed by atoms with Gasteiger partial charge in [-0.2, -0.15) is 0 Å². The lowest BCUT2D eigenvalue weighted by Crippen LogP contribution is -2.46. The number of nitrogens with zero attached hydrogens (tertiary/aromatic N) is 2. The number of anilines is 1. The molecule has 0 aromatic heterocycles. The highest BCUT2D eigenvalue weighted by Gasteiger charge is 2.23. The Labute approximate surface area is 120 Å². The first-order valence-corrected chi connectivity index (χ1v) is 6.97. The van der Waals surface area contributed by atoms with Crippen molar-refractivity contribution in [3.63, 3.8) is 0 Å². The van der Waals surface area contributed by atoms with Crippen molar-refractivity contribution in [2.75, 3.05) is 39.6 Å². The summed E-state index contributed by atoms with van der Waals surface area (Å²) in [5, 5.41) is 3.51. The number of methoxy groups -OCH3 is 1. The van der Waals surface area contributed by atoms with Crippen LogP contribution in [0.25, 0.3) is 0 Å². The molecular weight excluding hydrogens is 254 g/mol. The number of rotatable bonds is 3. The highest BCUT2D eigenvalue weighted by atomic mass is 16.5. The standard InChI is InChI=1S/C15H23N3O2/c1-17(2)15(19)18-10-8-12(9-11-18)16-13-6-4-5-7-14(13)20-3/h4-7,12,16H,8-11H2,1-3H3. The molecule has 2 amide bonds. The molecule has 1 N–H and O–H groups in total. The smallest absolute Gasteiger partial charge is 0.319 e. The van der Waals surface area contributed by atoms with Crippen LogP contribution in [0.15, 0.2) is 24.3 Å². The molecule has 1 aromatic rings. The zero-order chi connectivity index (χ0) is 14.5. The quantitative estimate of drug-likeness (QED) is 0.921. The van der Waals surface area contributed by atoms with Gasteiger partial charge in [0.25, 0.3) is 0 Å². The molecule has 1 heterocycles. The molecule has 0 spiro atoms. The van der Waals surface area contributed by atoms with Crippen molar-refractivity contribution in [1.82, 2.24) is 9.80 Å². The second-order valence-electron chi connectivity index (χ2n) is 5.28. The Morgan fingerprint density at radius 3 is 2.55 bits per heavy atom. The van der Waals surface area contributed by atoms with E-state index in [-0.39, 0.29) is 6.03 Å². The van der Waals surface area contributed by atoms with E-state index < -0.39 is 0 Å². The first-order chi connectivity index (χ1) is 9.61. The number of hydrogen-bond acceptors (Lipinski definition) is 3. The Bertz CT molecular complexity index is 454. The van der Waals surface area contributed by atoms with Crippen LogP contribution in [-0.4, -0.2) is 56.2 Å². The third kappa shape index (κ3) is 3.35. The van der Waals surface area contributed by atoms with Crippen molar-refractivity contribution in [3.05, 3.63) is 24.3 Å². The number of carbonyl (C=O) groups is 1. The summed E-state index contributed by atoms with van der Waals surface area (Å²) in [7, 11) is 5.27. The van der Waals surface area contributed by atoms with E-state index in [4.69, 9.17) is 4.74 Å². The fraction of sp³-hybridized carbons (Fsp3) is 0.533. The van der Waals surface area contributed by atoms with Crippen molar-refractivity contribution < 1.29 is 9.53 Å². The van der Waals surface area contributed by atoms with Crippen molar-refractivity contribution in [3.8, 4) is 5.75 Å².